The van der Waals surface area contributed by atoms with Crippen molar-refractivity contribution in [2.75, 3.05) is 7.11 Å². The zero-order chi connectivity index (χ0) is 13.8. The lowest BCUT2D eigenvalue weighted by atomic mass is 10.2. The number of rotatable bonds is 4. The molecule has 2 aromatic rings. The van der Waals surface area contributed by atoms with Crippen LogP contribution in [0.1, 0.15) is 5.56 Å². The maximum Gasteiger partial charge on any atom is 0.146 e. The van der Waals surface area contributed by atoms with Crippen LogP contribution in [0, 0.1) is 0 Å². The SMILES string of the molecule is COc1ccc(C(N)=S)c(Oc2ccccc2Cl)c1. The van der Waals surface area contributed by atoms with Crippen LogP contribution >= 0.6 is 23.8 Å². The molecule has 0 aliphatic rings. The Kier molecular flexibility index (Phi) is 4.24. The summed E-state index contributed by atoms with van der Waals surface area (Å²) < 4.78 is 10.9. The maximum absolute atomic E-state index is 6.06. The van der Waals surface area contributed by atoms with E-state index in [-0.39, 0.29) is 4.99 Å². The van der Waals surface area contributed by atoms with Crippen LogP contribution in [0.25, 0.3) is 0 Å². The Bertz CT molecular complexity index is 616. The lowest BCUT2D eigenvalue weighted by molar-refractivity contribution is 0.409. The quantitative estimate of drug-likeness (QED) is 0.872. The van der Waals surface area contributed by atoms with Crippen LogP contribution in [0.3, 0.4) is 0 Å². The largest absolute Gasteiger partial charge is 0.497 e. The summed E-state index contributed by atoms with van der Waals surface area (Å²) in [4.78, 5) is 0.254. The summed E-state index contributed by atoms with van der Waals surface area (Å²) in [6.07, 6.45) is 0. The number of para-hydroxylation sites is 1. The van der Waals surface area contributed by atoms with Gasteiger partial charge in [-0.05, 0) is 24.3 Å². The number of halogens is 1. The minimum atomic E-state index is 0.254. The second-order valence-corrected chi connectivity index (χ2v) is 4.61. The third kappa shape index (κ3) is 3.16. The van der Waals surface area contributed by atoms with Crippen LogP contribution in [0.4, 0.5) is 0 Å². The highest BCUT2D eigenvalue weighted by molar-refractivity contribution is 7.80. The van der Waals surface area contributed by atoms with Crippen molar-refractivity contribution in [2.24, 2.45) is 5.73 Å². The number of thiocarbonyl (C=S) groups is 1. The summed E-state index contributed by atoms with van der Waals surface area (Å²) in [7, 11) is 1.58. The zero-order valence-electron chi connectivity index (χ0n) is 10.2. The highest BCUT2D eigenvalue weighted by Gasteiger charge is 2.11. The number of benzene rings is 2. The molecule has 0 amide bonds. The fraction of sp³-hybridized carbons (Fsp3) is 0.0714. The molecule has 0 saturated heterocycles. The van der Waals surface area contributed by atoms with E-state index in [2.05, 4.69) is 0 Å². The van der Waals surface area contributed by atoms with E-state index >= 15 is 0 Å². The summed E-state index contributed by atoms with van der Waals surface area (Å²) in [5.74, 6) is 1.71. The van der Waals surface area contributed by atoms with Gasteiger partial charge in [-0.3, -0.25) is 0 Å². The molecule has 0 aliphatic carbocycles. The first-order valence-corrected chi connectivity index (χ1v) is 6.30. The average molecular weight is 294 g/mol. The van der Waals surface area contributed by atoms with Gasteiger partial charge in [0.25, 0.3) is 0 Å². The van der Waals surface area contributed by atoms with Crippen molar-refractivity contribution in [3.63, 3.8) is 0 Å². The van der Waals surface area contributed by atoms with Gasteiger partial charge in [0.1, 0.15) is 22.2 Å². The van der Waals surface area contributed by atoms with Crippen LogP contribution in [0.2, 0.25) is 5.02 Å². The summed E-state index contributed by atoms with van der Waals surface area (Å²) >= 11 is 11.1. The van der Waals surface area contributed by atoms with Crippen LogP contribution < -0.4 is 15.2 Å². The smallest absolute Gasteiger partial charge is 0.146 e. The minimum absolute atomic E-state index is 0.254. The molecule has 0 heterocycles. The van der Waals surface area contributed by atoms with Crippen LogP contribution in [0.5, 0.6) is 17.2 Å². The second kappa shape index (κ2) is 5.91. The van der Waals surface area contributed by atoms with Crippen molar-refractivity contribution in [1.29, 1.82) is 0 Å². The van der Waals surface area contributed by atoms with Crippen LogP contribution in [0.15, 0.2) is 42.5 Å². The first-order chi connectivity index (χ1) is 9.11. The summed E-state index contributed by atoms with van der Waals surface area (Å²) in [6.45, 7) is 0. The van der Waals surface area contributed by atoms with Crippen molar-refractivity contribution in [3.8, 4) is 17.2 Å². The molecule has 0 unspecified atom stereocenters. The van der Waals surface area contributed by atoms with Gasteiger partial charge in [0.15, 0.2) is 0 Å². The highest BCUT2D eigenvalue weighted by Crippen LogP contribution is 2.33. The summed E-state index contributed by atoms with van der Waals surface area (Å²) in [6, 6.07) is 12.4. The monoisotopic (exact) mass is 293 g/mol. The number of ether oxygens (including phenoxy) is 2. The van der Waals surface area contributed by atoms with Crippen molar-refractivity contribution < 1.29 is 9.47 Å². The Morgan fingerprint density at radius 1 is 1.16 bits per heavy atom. The van der Waals surface area contributed by atoms with Crippen LogP contribution in [-0.4, -0.2) is 12.1 Å². The molecular weight excluding hydrogens is 282 g/mol. The highest BCUT2D eigenvalue weighted by atomic mass is 35.5. The molecule has 0 spiro atoms. The van der Waals surface area contributed by atoms with Gasteiger partial charge in [0, 0.05) is 6.07 Å². The molecule has 2 rings (SSSR count). The molecule has 0 bridgehead atoms. The Morgan fingerprint density at radius 2 is 1.89 bits per heavy atom. The van der Waals surface area contributed by atoms with Crippen molar-refractivity contribution in [3.05, 3.63) is 53.1 Å². The lowest BCUT2D eigenvalue weighted by Gasteiger charge is -2.12. The molecule has 0 saturated carbocycles. The summed E-state index contributed by atoms with van der Waals surface area (Å²) in [5.41, 5.74) is 6.31. The van der Waals surface area contributed by atoms with E-state index in [1.165, 1.54) is 0 Å². The van der Waals surface area contributed by atoms with E-state index in [0.29, 0.717) is 27.8 Å². The Hall–Kier alpha value is -1.78. The Morgan fingerprint density at radius 3 is 2.53 bits per heavy atom. The first kappa shape index (κ1) is 13.6. The van der Waals surface area contributed by atoms with Gasteiger partial charge in [0.05, 0.1) is 17.7 Å². The van der Waals surface area contributed by atoms with Crippen LogP contribution in [-0.2, 0) is 0 Å². The van der Waals surface area contributed by atoms with E-state index in [1.54, 1.807) is 37.4 Å². The Labute approximate surface area is 121 Å². The fourth-order valence-electron chi connectivity index (χ4n) is 1.56. The molecule has 2 N–H and O–H groups in total. The van der Waals surface area contributed by atoms with E-state index in [1.807, 2.05) is 12.1 Å². The lowest BCUT2D eigenvalue weighted by Crippen LogP contribution is -2.10. The maximum atomic E-state index is 6.06. The number of hydrogen-bond acceptors (Lipinski definition) is 3. The Balaban J connectivity index is 2.43. The van der Waals surface area contributed by atoms with E-state index in [0.717, 1.165) is 0 Å². The number of nitrogens with two attached hydrogens (primary N) is 1. The van der Waals surface area contributed by atoms with Gasteiger partial charge < -0.3 is 15.2 Å². The summed E-state index contributed by atoms with van der Waals surface area (Å²) in [5, 5.41) is 0.513. The molecule has 0 aliphatic heterocycles. The van der Waals surface area contributed by atoms with Crippen molar-refractivity contribution in [2.45, 2.75) is 0 Å². The van der Waals surface area contributed by atoms with Gasteiger partial charge in [-0.2, -0.15) is 0 Å². The predicted octanol–water partition coefficient (Wildman–Crippen LogP) is 3.78. The second-order valence-electron chi connectivity index (χ2n) is 3.76. The first-order valence-electron chi connectivity index (χ1n) is 5.52. The van der Waals surface area contributed by atoms with Gasteiger partial charge in [-0.15, -0.1) is 0 Å². The minimum Gasteiger partial charge on any atom is -0.497 e. The molecule has 98 valence electrons. The van der Waals surface area contributed by atoms with Gasteiger partial charge >= 0.3 is 0 Å². The fourth-order valence-corrected chi connectivity index (χ4v) is 1.91. The molecule has 0 aromatic heterocycles. The van der Waals surface area contributed by atoms with Crippen molar-refractivity contribution in [1.82, 2.24) is 0 Å². The third-order valence-electron chi connectivity index (χ3n) is 2.51. The van der Waals surface area contributed by atoms with Gasteiger partial charge in [-0.25, -0.2) is 0 Å². The zero-order valence-corrected chi connectivity index (χ0v) is 11.8. The number of hydrogen-bond donors (Lipinski definition) is 1. The topological polar surface area (TPSA) is 44.5 Å². The molecule has 0 fully saturated rings. The predicted molar refractivity (Wildman–Crippen MR) is 80.4 cm³/mol. The molecule has 5 heteroatoms. The molecule has 0 radical (unpaired) electrons. The molecule has 19 heavy (non-hydrogen) atoms. The average Bonchev–Trinajstić information content (AvgIpc) is 2.41. The van der Waals surface area contributed by atoms with Gasteiger partial charge in [0.2, 0.25) is 0 Å². The normalized spacial score (nSPS) is 10.0. The van der Waals surface area contributed by atoms with Gasteiger partial charge in [-0.1, -0.05) is 36.0 Å². The van der Waals surface area contributed by atoms with E-state index < -0.39 is 0 Å². The van der Waals surface area contributed by atoms with E-state index in [9.17, 15) is 0 Å². The standard InChI is InChI=1S/C14H12ClNO2S/c1-17-9-6-7-10(14(16)19)13(8-9)18-12-5-3-2-4-11(12)15/h2-8H,1H3,(H2,16,19). The number of methoxy groups -OCH3 is 1. The molecular formula is C14H12ClNO2S. The molecule has 0 atom stereocenters. The van der Waals surface area contributed by atoms with E-state index in [4.69, 9.17) is 39.0 Å². The third-order valence-corrected chi connectivity index (χ3v) is 3.04. The molecule has 3 nitrogen and oxygen atoms in total. The molecule has 2 aromatic carbocycles. The van der Waals surface area contributed by atoms with Crippen molar-refractivity contribution >= 4 is 28.8 Å².